The van der Waals surface area contributed by atoms with E-state index in [0.717, 1.165) is 0 Å². The Kier molecular flexibility index (Phi) is 3.82. The average Bonchev–Trinajstić information content (AvgIpc) is 2.28. The third-order valence-electron chi connectivity index (χ3n) is 2.38. The molecule has 1 unspecified atom stereocenters. The summed E-state index contributed by atoms with van der Waals surface area (Å²) in [4.78, 5) is 23.0. The maximum absolute atomic E-state index is 11.9. The van der Waals surface area contributed by atoms with Crippen molar-refractivity contribution in [1.82, 2.24) is 0 Å². The number of benzene rings is 1. The van der Waals surface area contributed by atoms with Crippen molar-refractivity contribution in [3.63, 3.8) is 0 Å². The van der Waals surface area contributed by atoms with Crippen molar-refractivity contribution in [3.05, 3.63) is 35.9 Å². The molecule has 1 aromatic rings. The van der Waals surface area contributed by atoms with Crippen LogP contribution in [0.25, 0.3) is 0 Å². The Balaban J connectivity index is 3.03. The molecule has 0 bridgehead atoms. The zero-order valence-corrected chi connectivity index (χ0v) is 9.77. The standard InChI is InChI=1S/C13H16O3/c1-10(2)16-12(15)13(3,9-14)11-7-5-4-6-8-11/h4-10H,1-3H3. The van der Waals surface area contributed by atoms with Gasteiger partial charge in [-0.1, -0.05) is 30.3 Å². The van der Waals surface area contributed by atoms with E-state index in [0.29, 0.717) is 11.8 Å². The number of carbonyl (C=O) groups is 2. The van der Waals surface area contributed by atoms with Gasteiger partial charge in [0, 0.05) is 0 Å². The van der Waals surface area contributed by atoms with Crippen LogP contribution in [0.2, 0.25) is 0 Å². The number of rotatable bonds is 4. The van der Waals surface area contributed by atoms with Gasteiger partial charge in [0.15, 0.2) is 0 Å². The zero-order chi connectivity index (χ0) is 12.2. The Morgan fingerprint density at radius 1 is 1.31 bits per heavy atom. The molecule has 3 nitrogen and oxygen atoms in total. The lowest BCUT2D eigenvalue weighted by molar-refractivity contribution is -0.154. The zero-order valence-electron chi connectivity index (χ0n) is 9.77. The lowest BCUT2D eigenvalue weighted by atomic mass is 9.84. The van der Waals surface area contributed by atoms with Gasteiger partial charge in [-0.05, 0) is 26.3 Å². The molecule has 0 aliphatic rings. The summed E-state index contributed by atoms with van der Waals surface area (Å²) < 4.78 is 5.09. The summed E-state index contributed by atoms with van der Waals surface area (Å²) in [7, 11) is 0. The van der Waals surface area contributed by atoms with E-state index in [1.54, 1.807) is 45.0 Å². The van der Waals surface area contributed by atoms with Crippen molar-refractivity contribution < 1.29 is 14.3 Å². The Bertz CT molecular complexity index is 370. The summed E-state index contributed by atoms with van der Waals surface area (Å²) in [6.07, 6.45) is 0.406. The van der Waals surface area contributed by atoms with Gasteiger partial charge in [0.25, 0.3) is 0 Å². The molecule has 0 amide bonds. The van der Waals surface area contributed by atoms with E-state index in [2.05, 4.69) is 0 Å². The number of esters is 1. The maximum atomic E-state index is 11.9. The molecule has 0 spiro atoms. The predicted molar refractivity (Wildman–Crippen MR) is 61.1 cm³/mol. The van der Waals surface area contributed by atoms with Gasteiger partial charge in [-0.25, -0.2) is 0 Å². The van der Waals surface area contributed by atoms with Crippen molar-refractivity contribution in [3.8, 4) is 0 Å². The van der Waals surface area contributed by atoms with E-state index in [1.807, 2.05) is 6.07 Å². The van der Waals surface area contributed by atoms with Crippen molar-refractivity contribution in [2.24, 2.45) is 0 Å². The summed E-state index contributed by atoms with van der Waals surface area (Å²) in [5.74, 6) is -0.510. The molecule has 86 valence electrons. The summed E-state index contributed by atoms with van der Waals surface area (Å²) in [6.45, 7) is 5.09. The smallest absolute Gasteiger partial charge is 0.323 e. The molecule has 16 heavy (non-hydrogen) atoms. The third-order valence-corrected chi connectivity index (χ3v) is 2.38. The molecular weight excluding hydrogens is 204 g/mol. The number of aldehydes is 1. The monoisotopic (exact) mass is 220 g/mol. The minimum atomic E-state index is -1.22. The van der Waals surface area contributed by atoms with Crippen LogP contribution in [0.4, 0.5) is 0 Å². The molecule has 0 fully saturated rings. The minimum Gasteiger partial charge on any atom is -0.462 e. The van der Waals surface area contributed by atoms with Gasteiger partial charge < -0.3 is 9.53 Å². The van der Waals surface area contributed by atoms with Crippen molar-refractivity contribution >= 4 is 12.3 Å². The quantitative estimate of drug-likeness (QED) is 0.443. The topological polar surface area (TPSA) is 43.4 Å². The predicted octanol–water partition coefficient (Wildman–Crippen LogP) is 2.09. The Labute approximate surface area is 95.4 Å². The molecule has 0 aliphatic heterocycles. The first-order chi connectivity index (χ1) is 7.50. The van der Waals surface area contributed by atoms with Crippen LogP contribution in [-0.4, -0.2) is 18.4 Å². The normalized spacial score (nSPS) is 14.2. The van der Waals surface area contributed by atoms with Crippen LogP contribution in [0.1, 0.15) is 26.3 Å². The Hall–Kier alpha value is -1.64. The molecule has 0 saturated carbocycles. The average molecular weight is 220 g/mol. The van der Waals surface area contributed by atoms with Gasteiger partial charge in [0.2, 0.25) is 0 Å². The van der Waals surface area contributed by atoms with E-state index in [4.69, 9.17) is 4.74 Å². The van der Waals surface area contributed by atoms with E-state index in [-0.39, 0.29) is 6.10 Å². The number of ether oxygens (including phenoxy) is 1. The van der Waals surface area contributed by atoms with Crippen LogP contribution >= 0.6 is 0 Å². The van der Waals surface area contributed by atoms with Crippen LogP contribution in [-0.2, 0) is 19.7 Å². The third kappa shape index (κ3) is 2.48. The molecule has 0 heterocycles. The molecule has 1 atom stereocenters. The second kappa shape index (κ2) is 4.92. The first kappa shape index (κ1) is 12.4. The van der Waals surface area contributed by atoms with Crippen molar-refractivity contribution in [2.75, 3.05) is 0 Å². The molecule has 0 aromatic heterocycles. The molecule has 0 radical (unpaired) electrons. The molecule has 3 heteroatoms. The molecule has 0 aliphatic carbocycles. The van der Waals surface area contributed by atoms with E-state index < -0.39 is 11.4 Å². The first-order valence-electron chi connectivity index (χ1n) is 5.23. The van der Waals surface area contributed by atoms with Gasteiger partial charge in [-0.3, -0.25) is 4.79 Å². The fourth-order valence-electron chi connectivity index (χ4n) is 1.35. The lowest BCUT2D eigenvalue weighted by Crippen LogP contribution is -2.37. The number of carbonyl (C=O) groups excluding carboxylic acids is 2. The highest BCUT2D eigenvalue weighted by atomic mass is 16.5. The van der Waals surface area contributed by atoms with Gasteiger partial charge in [0.1, 0.15) is 11.7 Å². The lowest BCUT2D eigenvalue weighted by Gasteiger charge is -2.22. The molecule has 1 aromatic carbocycles. The van der Waals surface area contributed by atoms with Crippen LogP contribution < -0.4 is 0 Å². The highest BCUT2D eigenvalue weighted by molar-refractivity contribution is 5.99. The Morgan fingerprint density at radius 3 is 2.31 bits per heavy atom. The van der Waals surface area contributed by atoms with E-state index in [9.17, 15) is 9.59 Å². The second-order valence-electron chi connectivity index (χ2n) is 4.14. The minimum absolute atomic E-state index is 0.226. The van der Waals surface area contributed by atoms with Crippen molar-refractivity contribution in [2.45, 2.75) is 32.3 Å². The molecule has 0 N–H and O–H groups in total. The van der Waals surface area contributed by atoms with Gasteiger partial charge in [-0.2, -0.15) is 0 Å². The maximum Gasteiger partial charge on any atom is 0.323 e. The molecule has 1 rings (SSSR count). The van der Waals surface area contributed by atoms with Gasteiger partial charge >= 0.3 is 5.97 Å². The summed E-state index contributed by atoms with van der Waals surface area (Å²) >= 11 is 0. The van der Waals surface area contributed by atoms with E-state index in [1.165, 1.54) is 0 Å². The summed E-state index contributed by atoms with van der Waals surface area (Å²) in [5, 5.41) is 0. The first-order valence-corrected chi connectivity index (χ1v) is 5.23. The highest BCUT2D eigenvalue weighted by Crippen LogP contribution is 2.23. The Morgan fingerprint density at radius 2 is 1.88 bits per heavy atom. The molecular formula is C13H16O3. The van der Waals surface area contributed by atoms with Gasteiger partial charge in [-0.15, -0.1) is 0 Å². The summed E-state index contributed by atoms with van der Waals surface area (Å²) in [5.41, 5.74) is -0.568. The SMILES string of the molecule is CC(C)OC(=O)C(C)(C=O)c1ccccc1. The highest BCUT2D eigenvalue weighted by Gasteiger charge is 2.37. The van der Waals surface area contributed by atoms with E-state index >= 15 is 0 Å². The second-order valence-corrected chi connectivity index (χ2v) is 4.14. The van der Waals surface area contributed by atoms with Crippen LogP contribution in [0, 0.1) is 0 Å². The fourth-order valence-corrected chi connectivity index (χ4v) is 1.35. The van der Waals surface area contributed by atoms with Crippen LogP contribution in [0.3, 0.4) is 0 Å². The number of hydrogen-bond acceptors (Lipinski definition) is 3. The van der Waals surface area contributed by atoms with Crippen LogP contribution in [0.15, 0.2) is 30.3 Å². The van der Waals surface area contributed by atoms with Crippen molar-refractivity contribution in [1.29, 1.82) is 0 Å². The van der Waals surface area contributed by atoms with Gasteiger partial charge in [0.05, 0.1) is 6.10 Å². The summed E-state index contributed by atoms with van der Waals surface area (Å²) in [6, 6.07) is 8.91. The molecule has 0 saturated heterocycles. The fraction of sp³-hybridized carbons (Fsp3) is 0.385. The van der Waals surface area contributed by atoms with Crippen LogP contribution in [0.5, 0.6) is 0 Å². The largest absolute Gasteiger partial charge is 0.462 e. The number of hydrogen-bond donors (Lipinski definition) is 0.